The molecule has 0 aliphatic rings. The Bertz CT molecular complexity index is 424. The third-order valence-electron chi connectivity index (χ3n) is 3.15. The van der Waals surface area contributed by atoms with Crippen LogP contribution in [-0.4, -0.2) is 36.1 Å². The number of pyridine rings is 1. The van der Waals surface area contributed by atoms with E-state index in [0.29, 0.717) is 17.5 Å². The third-order valence-corrected chi connectivity index (χ3v) is 3.15. The topological polar surface area (TPSA) is 78.0 Å². The summed E-state index contributed by atoms with van der Waals surface area (Å²) >= 11 is 0. The zero-order chi connectivity index (χ0) is 13.5. The van der Waals surface area contributed by atoms with Gasteiger partial charge in [-0.1, -0.05) is 6.92 Å². The molecule has 0 spiro atoms. The van der Waals surface area contributed by atoms with Crippen LogP contribution in [-0.2, 0) is 0 Å². The fourth-order valence-electron chi connectivity index (χ4n) is 1.55. The average molecular weight is 247 g/mol. The number of nitrogens with zero attached hydrogens (tertiary/aromatic N) is 3. The fourth-order valence-corrected chi connectivity index (χ4v) is 1.55. The van der Waals surface area contributed by atoms with Crippen molar-refractivity contribution in [3.05, 3.63) is 17.8 Å². The molecule has 5 heteroatoms. The highest BCUT2D eigenvalue weighted by molar-refractivity contribution is 5.54. The predicted octanol–water partition coefficient (Wildman–Crippen LogP) is 1.68. The molecular weight excluding hydrogens is 226 g/mol. The number of nitrogen functional groups attached to an aromatic ring is 1. The SMILES string of the molecule is CCC(C)N(C)CCNc1ccc(N)c(C#N)n1. The van der Waals surface area contributed by atoms with Crippen molar-refractivity contribution in [1.82, 2.24) is 9.88 Å². The number of rotatable bonds is 6. The summed E-state index contributed by atoms with van der Waals surface area (Å²) in [5.74, 6) is 0.693. The van der Waals surface area contributed by atoms with Gasteiger partial charge in [-0.3, -0.25) is 0 Å². The van der Waals surface area contributed by atoms with Gasteiger partial charge in [0, 0.05) is 19.1 Å². The molecule has 0 aliphatic carbocycles. The second kappa shape index (κ2) is 6.82. The Morgan fingerprint density at radius 1 is 1.56 bits per heavy atom. The molecule has 1 rings (SSSR count). The summed E-state index contributed by atoms with van der Waals surface area (Å²) in [5, 5.41) is 12.0. The minimum atomic E-state index is 0.273. The van der Waals surface area contributed by atoms with Crippen LogP contribution in [0.5, 0.6) is 0 Å². The second-order valence-electron chi connectivity index (χ2n) is 4.41. The van der Waals surface area contributed by atoms with Gasteiger partial charge in [-0.2, -0.15) is 5.26 Å². The molecule has 0 fully saturated rings. The van der Waals surface area contributed by atoms with Gasteiger partial charge in [-0.05, 0) is 32.5 Å². The quantitative estimate of drug-likeness (QED) is 0.799. The lowest BCUT2D eigenvalue weighted by Crippen LogP contribution is -2.32. The summed E-state index contributed by atoms with van der Waals surface area (Å²) in [5.41, 5.74) is 6.30. The van der Waals surface area contributed by atoms with Gasteiger partial charge < -0.3 is 16.0 Å². The van der Waals surface area contributed by atoms with E-state index in [1.54, 1.807) is 12.1 Å². The van der Waals surface area contributed by atoms with Crippen LogP contribution in [0.15, 0.2) is 12.1 Å². The Morgan fingerprint density at radius 2 is 2.28 bits per heavy atom. The molecule has 1 aromatic heterocycles. The van der Waals surface area contributed by atoms with Crippen molar-refractivity contribution in [2.45, 2.75) is 26.3 Å². The Kier molecular flexibility index (Phi) is 5.40. The predicted molar refractivity (Wildman–Crippen MR) is 74.2 cm³/mol. The van der Waals surface area contributed by atoms with E-state index >= 15 is 0 Å². The third kappa shape index (κ3) is 3.90. The van der Waals surface area contributed by atoms with Crippen molar-refractivity contribution in [1.29, 1.82) is 5.26 Å². The summed E-state index contributed by atoms with van der Waals surface area (Å²) in [6.45, 7) is 6.11. The van der Waals surface area contributed by atoms with Crippen molar-refractivity contribution in [3.63, 3.8) is 0 Å². The van der Waals surface area contributed by atoms with E-state index in [1.807, 2.05) is 6.07 Å². The largest absolute Gasteiger partial charge is 0.396 e. The zero-order valence-corrected chi connectivity index (χ0v) is 11.3. The number of anilines is 2. The maximum absolute atomic E-state index is 8.83. The van der Waals surface area contributed by atoms with E-state index in [-0.39, 0.29) is 5.69 Å². The molecule has 0 bridgehead atoms. The molecule has 3 N–H and O–H groups in total. The molecular formula is C13H21N5. The van der Waals surface area contributed by atoms with Crippen LogP contribution in [0, 0.1) is 11.3 Å². The average Bonchev–Trinajstić information content (AvgIpc) is 2.39. The Hall–Kier alpha value is -1.80. The van der Waals surface area contributed by atoms with Gasteiger partial charge in [0.2, 0.25) is 0 Å². The molecule has 0 saturated carbocycles. The lowest BCUT2D eigenvalue weighted by Gasteiger charge is -2.23. The van der Waals surface area contributed by atoms with Crippen LogP contribution in [0.1, 0.15) is 26.0 Å². The maximum Gasteiger partial charge on any atom is 0.165 e. The summed E-state index contributed by atoms with van der Waals surface area (Å²) in [7, 11) is 2.10. The molecule has 1 atom stereocenters. The van der Waals surface area contributed by atoms with Crippen LogP contribution in [0.3, 0.4) is 0 Å². The van der Waals surface area contributed by atoms with Gasteiger partial charge in [0.1, 0.15) is 11.9 Å². The van der Waals surface area contributed by atoms with E-state index in [9.17, 15) is 0 Å². The summed E-state index contributed by atoms with van der Waals surface area (Å²) in [6.07, 6.45) is 1.13. The molecule has 0 aromatic carbocycles. The van der Waals surface area contributed by atoms with E-state index in [2.05, 4.69) is 36.1 Å². The molecule has 0 aliphatic heterocycles. The van der Waals surface area contributed by atoms with Crippen LogP contribution in [0.2, 0.25) is 0 Å². The van der Waals surface area contributed by atoms with Gasteiger partial charge in [0.15, 0.2) is 5.69 Å². The molecule has 0 radical (unpaired) electrons. The molecule has 0 saturated heterocycles. The van der Waals surface area contributed by atoms with Crippen molar-refractivity contribution < 1.29 is 0 Å². The smallest absolute Gasteiger partial charge is 0.165 e. The van der Waals surface area contributed by atoms with Gasteiger partial charge in [-0.25, -0.2) is 4.98 Å². The van der Waals surface area contributed by atoms with E-state index in [1.165, 1.54) is 0 Å². The normalized spacial score (nSPS) is 12.2. The first-order valence-corrected chi connectivity index (χ1v) is 6.19. The number of nitrogens with one attached hydrogen (secondary N) is 1. The lowest BCUT2D eigenvalue weighted by atomic mass is 10.2. The first kappa shape index (κ1) is 14.3. The fraction of sp³-hybridized carbons (Fsp3) is 0.538. The second-order valence-corrected chi connectivity index (χ2v) is 4.41. The standard InChI is InChI=1S/C13H21N5/c1-4-10(2)18(3)8-7-16-13-6-5-11(15)12(9-14)17-13/h5-6,10H,4,7-8,15H2,1-3H3,(H,16,17). The molecule has 1 unspecified atom stereocenters. The van der Waals surface area contributed by atoms with Crippen LogP contribution in [0.4, 0.5) is 11.5 Å². The lowest BCUT2D eigenvalue weighted by molar-refractivity contribution is 0.261. The van der Waals surface area contributed by atoms with E-state index < -0.39 is 0 Å². The van der Waals surface area contributed by atoms with E-state index in [0.717, 1.165) is 19.5 Å². The zero-order valence-electron chi connectivity index (χ0n) is 11.3. The molecule has 18 heavy (non-hydrogen) atoms. The first-order chi connectivity index (χ1) is 8.58. The molecule has 98 valence electrons. The summed E-state index contributed by atoms with van der Waals surface area (Å²) in [6, 6.07) is 6.04. The van der Waals surface area contributed by atoms with Gasteiger partial charge in [-0.15, -0.1) is 0 Å². The highest BCUT2D eigenvalue weighted by atomic mass is 15.1. The Balaban J connectivity index is 2.47. The minimum absolute atomic E-state index is 0.273. The summed E-state index contributed by atoms with van der Waals surface area (Å²) in [4.78, 5) is 6.42. The number of nitriles is 1. The number of likely N-dealkylation sites (N-methyl/N-ethyl adjacent to an activating group) is 1. The highest BCUT2D eigenvalue weighted by Gasteiger charge is 2.06. The molecule has 1 aromatic rings. The van der Waals surface area contributed by atoms with Gasteiger partial charge >= 0.3 is 0 Å². The number of hydrogen-bond acceptors (Lipinski definition) is 5. The van der Waals surface area contributed by atoms with Crippen molar-refractivity contribution in [3.8, 4) is 6.07 Å². The molecule has 5 nitrogen and oxygen atoms in total. The number of nitrogens with two attached hydrogens (primary N) is 1. The van der Waals surface area contributed by atoms with Crippen molar-refractivity contribution >= 4 is 11.5 Å². The molecule has 0 amide bonds. The van der Waals surface area contributed by atoms with Gasteiger partial charge in [0.05, 0.1) is 5.69 Å². The monoisotopic (exact) mass is 247 g/mol. The summed E-state index contributed by atoms with van der Waals surface area (Å²) < 4.78 is 0. The van der Waals surface area contributed by atoms with Crippen molar-refractivity contribution in [2.75, 3.05) is 31.2 Å². The Morgan fingerprint density at radius 3 is 2.89 bits per heavy atom. The molecule has 1 heterocycles. The Labute approximate surface area is 109 Å². The maximum atomic E-state index is 8.83. The number of aromatic nitrogens is 1. The van der Waals surface area contributed by atoms with Crippen LogP contribution >= 0.6 is 0 Å². The first-order valence-electron chi connectivity index (χ1n) is 6.19. The van der Waals surface area contributed by atoms with Crippen LogP contribution < -0.4 is 11.1 Å². The van der Waals surface area contributed by atoms with Crippen LogP contribution in [0.25, 0.3) is 0 Å². The van der Waals surface area contributed by atoms with E-state index in [4.69, 9.17) is 11.0 Å². The van der Waals surface area contributed by atoms with Gasteiger partial charge in [0.25, 0.3) is 0 Å². The number of hydrogen-bond donors (Lipinski definition) is 2. The van der Waals surface area contributed by atoms with Crippen molar-refractivity contribution in [2.24, 2.45) is 0 Å². The minimum Gasteiger partial charge on any atom is -0.396 e. The highest BCUT2D eigenvalue weighted by Crippen LogP contribution is 2.11.